The third-order valence-corrected chi connectivity index (χ3v) is 4.79. The van der Waals surface area contributed by atoms with Gasteiger partial charge < -0.3 is 15.5 Å². The van der Waals surface area contributed by atoms with Crippen LogP contribution in [0.15, 0.2) is 29.3 Å². The molecule has 1 aromatic carbocycles. The van der Waals surface area contributed by atoms with Crippen molar-refractivity contribution in [1.82, 2.24) is 20.4 Å². The summed E-state index contributed by atoms with van der Waals surface area (Å²) in [7, 11) is 1.74. The van der Waals surface area contributed by atoms with Crippen LogP contribution in [0.3, 0.4) is 0 Å². The first kappa shape index (κ1) is 19.1. The van der Waals surface area contributed by atoms with Crippen molar-refractivity contribution in [3.05, 3.63) is 39.9 Å². The van der Waals surface area contributed by atoms with Crippen molar-refractivity contribution < 1.29 is 9.72 Å². The lowest BCUT2D eigenvalue weighted by molar-refractivity contribution is -0.384. The van der Waals surface area contributed by atoms with Gasteiger partial charge in [-0.2, -0.15) is 0 Å². The quantitative estimate of drug-likeness (QED) is 0.327. The lowest BCUT2D eigenvalue weighted by atomic mass is 10.2. The van der Waals surface area contributed by atoms with Crippen LogP contribution < -0.4 is 10.6 Å². The number of guanidine groups is 1. The molecular weight excluding hydrogens is 348 g/mol. The van der Waals surface area contributed by atoms with E-state index >= 15 is 0 Å². The first-order valence-electron chi connectivity index (χ1n) is 9.26. The molecule has 0 spiro atoms. The summed E-state index contributed by atoms with van der Waals surface area (Å²) in [6, 6.07) is 6.90. The molecule has 1 saturated heterocycles. The molecule has 3 rings (SSSR count). The van der Waals surface area contributed by atoms with Gasteiger partial charge >= 0.3 is 0 Å². The third kappa shape index (κ3) is 5.65. The van der Waals surface area contributed by atoms with Crippen molar-refractivity contribution in [2.75, 3.05) is 39.8 Å². The van der Waals surface area contributed by atoms with Gasteiger partial charge in [0.15, 0.2) is 5.96 Å². The minimum Gasteiger partial charge on any atom is -0.352 e. The number of carbonyl (C=O) groups excluding carboxylic acids is 1. The van der Waals surface area contributed by atoms with E-state index in [4.69, 9.17) is 0 Å². The van der Waals surface area contributed by atoms with Gasteiger partial charge in [-0.3, -0.25) is 24.8 Å². The van der Waals surface area contributed by atoms with Gasteiger partial charge in [-0.05, 0) is 18.4 Å². The average Bonchev–Trinajstić information content (AvgIpc) is 3.47. The number of non-ortho nitro benzene ring substituents is 1. The molecule has 146 valence electrons. The number of hydrogen-bond donors (Lipinski definition) is 2. The van der Waals surface area contributed by atoms with E-state index in [9.17, 15) is 14.9 Å². The largest absolute Gasteiger partial charge is 0.352 e. The van der Waals surface area contributed by atoms with Gasteiger partial charge in [0.1, 0.15) is 0 Å². The number of benzene rings is 1. The maximum atomic E-state index is 11.9. The third-order valence-electron chi connectivity index (χ3n) is 4.79. The molecular formula is C18H26N6O3. The molecule has 27 heavy (non-hydrogen) atoms. The molecule has 1 aromatic rings. The first-order chi connectivity index (χ1) is 13.0. The van der Waals surface area contributed by atoms with Crippen LogP contribution in [0, 0.1) is 10.1 Å². The molecule has 0 atom stereocenters. The highest BCUT2D eigenvalue weighted by molar-refractivity contribution is 5.80. The molecule has 1 aliphatic heterocycles. The second-order valence-corrected chi connectivity index (χ2v) is 6.93. The molecule has 2 N–H and O–H groups in total. The molecule has 1 amide bonds. The standard InChI is InChI=1S/C18H26N6O3/c1-19-18(20-12-14-2-6-16(7-3-14)24(26)27)23-10-8-22(9-11-23)13-17(25)21-15-4-5-15/h2-3,6-7,15H,4-5,8-13H2,1H3,(H,19,20)(H,21,25). The predicted octanol–water partition coefficient (Wildman–Crippen LogP) is 0.566. The number of piperazine rings is 1. The number of carbonyl (C=O) groups is 1. The lowest BCUT2D eigenvalue weighted by Gasteiger charge is -2.36. The summed E-state index contributed by atoms with van der Waals surface area (Å²) in [6.45, 7) is 4.24. The Kier molecular flexibility index (Phi) is 6.23. The Hall–Kier alpha value is -2.68. The van der Waals surface area contributed by atoms with Crippen molar-refractivity contribution in [3.63, 3.8) is 0 Å². The van der Waals surface area contributed by atoms with Crippen molar-refractivity contribution in [1.29, 1.82) is 0 Å². The van der Waals surface area contributed by atoms with Gasteiger partial charge in [-0.1, -0.05) is 12.1 Å². The molecule has 0 unspecified atom stereocenters. The fourth-order valence-electron chi connectivity index (χ4n) is 3.07. The Morgan fingerprint density at radius 2 is 1.89 bits per heavy atom. The van der Waals surface area contributed by atoms with Crippen LogP contribution in [0.1, 0.15) is 18.4 Å². The van der Waals surface area contributed by atoms with E-state index in [1.165, 1.54) is 12.1 Å². The summed E-state index contributed by atoms with van der Waals surface area (Å²) in [5.74, 6) is 0.919. The SMILES string of the molecule is CN=C(NCc1ccc([N+](=O)[O-])cc1)N1CCN(CC(=O)NC2CC2)CC1. The Morgan fingerprint density at radius 1 is 1.22 bits per heavy atom. The van der Waals surface area contributed by atoms with Crippen LogP contribution >= 0.6 is 0 Å². The van der Waals surface area contributed by atoms with E-state index in [0.29, 0.717) is 19.1 Å². The zero-order chi connectivity index (χ0) is 19.2. The maximum absolute atomic E-state index is 11.9. The monoisotopic (exact) mass is 374 g/mol. The number of nitro benzene ring substituents is 1. The minimum atomic E-state index is -0.402. The number of nitrogens with zero attached hydrogens (tertiary/aromatic N) is 4. The smallest absolute Gasteiger partial charge is 0.269 e. The molecule has 1 saturated carbocycles. The molecule has 0 aromatic heterocycles. The Balaban J connectivity index is 1.43. The highest BCUT2D eigenvalue weighted by atomic mass is 16.6. The number of hydrogen-bond acceptors (Lipinski definition) is 5. The van der Waals surface area contributed by atoms with Gasteiger partial charge in [0, 0.05) is 57.9 Å². The van der Waals surface area contributed by atoms with Gasteiger partial charge in [-0.25, -0.2) is 0 Å². The van der Waals surface area contributed by atoms with E-state index in [2.05, 4.69) is 25.4 Å². The second-order valence-electron chi connectivity index (χ2n) is 6.93. The zero-order valence-electron chi connectivity index (χ0n) is 15.6. The van der Waals surface area contributed by atoms with Crippen LogP contribution in [0.4, 0.5) is 5.69 Å². The zero-order valence-corrected chi connectivity index (χ0v) is 15.6. The molecule has 9 heteroatoms. The van der Waals surface area contributed by atoms with E-state index in [-0.39, 0.29) is 11.6 Å². The highest BCUT2D eigenvalue weighted by Crippen LogP contribution is 2.18. The van der Waals surface area contributed by atoms with Gasteiger partial charge in [-0.15, -0.1) is 0 Å². The van der Waals surface area contributed by atoms with Gasteiger partial charge in [0.2, 0.25) is 5.91 Å². The summed E-state index contributed by atoms with van der Waals surface area (Å²) in [4.78, 5) is 30.9. The summed E-state index contributed by atoms with van der Waals surface area (Å²) < 4.78 is 0. The average molecular weight is 374 g/mol. The van der Waals surface area contributed by atoms with Crippen molar-refractivity contribution >= 4 is 17.6 Å². The molecule has 1 aliphatic carbocycles. The lowest BCUT2D eigenvalue weighted by Crippen LogP contribution is -2.54. The van der Waals surface area contributed by atoms with Crippen LogP contribution in [0.5, 0.6) is 0 Å². The van der Waals surface area contributed by atoms with E-state index in [1.54, 1.807) is 19.2 Å². The molecule has 0 bridgehead atoms. The van der Waals surface area contributed by atoms with E-state index in [0.717, 1.165) is 50.5 Å². The first-order valence-corrected chi connectivity index (χ1v) is 9.26. The predicted molar refractivity (Wildman–Crippen MR) is 102 cm³/mol. The van der Waals surface area contributed by atoms with E-state index in [1.807, 2.05) is 0 Å². The molecule has 2 aliphatic rings. The number of nitrogens with one attached hydrogen (secondary N) is 2. The van der Waals surface area contributed by atoms with Crippen molar-refractivity contribution in [2.24, 2.45) is 4.99 Å². The normalized spacial score (nSPS) is 18.3. The molecule has 1 heterocycles. The highest BCUT2D eigenvalue weighted by Gasteiger charge is 2.25. The van der Waals surface area contributed by atoms with Crippen LogP contribution in [0.2, 0.25) is 0 Å². The topological polar surface area (TPSA) is 103 Å². The Labute approximate surface area is 158 Å². The van der Waals surface area contributed by atoms with Gasteiger partial charge in [0.25, 0.3) is 5.69 Å². The van der Waals surface area contributed by atoms with Crippen LogP contribution in [0.25, 0.3) is 0 Å². The molecule has 2 fully saturated rings. The second kappa shape index (κ2) is 8.81. The Morgan fingerprint density at radius 3 is 2.44 bits per heavy atom. The minimum absolute atomic E-state index is 0.0879. The van der Waals surface area contributed by atoms with Crippen molar-refractivity contribution in [3.8, 4) is 0 Å². The number of aliphatic imine (C=N–C) groups is 1. The van der Waals surface area contributed by atoms with Crippen LogP contribution in [-0.4, -0.2) is 72.4 Å². The fourth-order valence-corrected chi connectivity index (χ4v) is 3.07. The summed E-state index contributed by atoms with van der Waals surface area (Å²) in [6.07, 6.45) is 2.21. The molecule has 9 nitrogen and oxygen atoms in total. The number of amides is 1. The number of nitro groups is 1. The fraction of sp³-hybridized carbons (Fsp3) is 0.556. The van der Waals surface area contributed by atoms with E-state index < -0.39 is 4.92 Å². The Bertz CT molecular complexity index is 694. The molecule has 0 radical (unpaired) electrons. The van der Waals surface area contributed by atoms with Crippen molar-refractivity contribution in [2.45, 2.75) is 25.4 Å². The van der Waals surface area contributed by atoms with Crippen LogP contribution in [-0.2, 0) is 11.3 Å². The van der Waals surface area contributed by atoms with Gasteiger partial charge in [0.05, 0.1) is 11.5 Å². The maximum Gasteiger partial charge on any atom is 0.269 e. The summed E-state index contributed by atoms with van der Waals surface area (Å²) in [5, 5.41) is 17.0. The summed E-state index contributed by atoms with van der Waals surface area (Å²) in [5.41, 5.74) is 1.04. The number of rotatable bonds is 6. The summed E-state index contributed by atoms with van der Waals surface area (Å²) >= 11 is 0.